The molecule has 1 unspecified atom stereocenters. The van der Waals surface area contributed by atoms with Crippen LogP contribution in [0.1, 0.15) is 11.5 Å². The van der Waals surface area contributed by atoms with Crippen molar-refractivity contribution in [2.24, 2.45) is 5.73 Å². The van der Waals surface area contributed by atoms with Crippen LogP contribution >= 0.6 is 0 Å². The van der Waals surface area contributed by atoms with Gasteiger partial charge in [0, 0.05) is 12.1 Å². The third-order valence-electron chi connectivity index (χ3n) is 1.97. The van der Waals surface area contributed by atoms with Crippen LogP contribution in [0.15, 0.2) is 24.3 Å². The summed E-state index contributed by atoms with van der Waals surface area (Å²) < 4.78 is 0. The van der Waals surface area contributed by atoms with Crippen LogP contribution in [0.25, 0.3) is 0 Å². The Morgan fingerprint density at radius 2 is 1.81 bits per heavy atom. The molecule has 7 heteroatoms. The maximum atomic E-state index is 10.9. The molecule has 0 aromatic heterocycles. The quantitative estimate of drug-likeness (QED) is 0.431. The van der Waals surface area contributed by atoms with Crippen molar-refractivity contribution in [2.75, 3.05) is 0 Å². The number of non-ortho nitro benzene ring substituents is 1. The number of carboxylic acids is 1. The molecule has 1 aromatic rings. The maximum Gasteiger partial charge on any atom is 0.320 e. The lowest BCUT2D eigenvalue weighted by molar-refractivity contribution is -0.384. The van der Waals surface area contributed by atoms with Gasteiger partial charge in [-0.05, 0) is 5.56 Å². The lowest BCUT2D eigenvalue weighted by Gasteiger charge is -2.07. The van der Waals surface area contributed by atoms with E-state index >= 15 is 0 Å². The number of aliphatic carboxylic acids is 1. The molecule has 1 aromatic carbocycles. The van der Waals surface area contributed by atoms with Gasteiger partial charge >= 0.3 is 5.97 Å². The molecule has 0 saturated heterocycles. The first-order chi connectivity index (χ1) is 7.43. The average molecular weight is 224 g/mol. The molecular weight excluding hydrogens is 216 g/mol. The molecule has 0 aliphatic carbocycles. The number of benzene rings is 1. The SMILES string of the molecule is NC(=O)C(C(=O)O)c1ccc([N+](=O)[O-])cc1. The van der Waals surface area contributed by atoms with E-state index in [4.69, 9.17) is 10.8 Å². The highest BCUT2D eigenvalue weighted by Gasteiger charge is 2.26. The summed E-state index contributed by atoms with van der Waals surface area (Å²) in [6.07, 6.45) is 0. The molecule has 1 amide bonds. The van der Waals surface area contributed by atoms with Crippen molar-refractivity contribution in [3.8, 4) is 0 Å². The van der Waals surface area contributed by atoms with Gasteiger partial charge in [-0.3, -0.25) is 19.7 Å². The van der Waals surface area contributed by atoms with Gasteiger partial charge in [0.2, 0.25) is 5.91 Å². The molecule has 0 aliphatic heterocycles. The Morgan fingerprint density at radius 1 is 1.31 bits per heavy atom. The van der Waals surface area contributed by atoms with Gasteiger partial charge in [-0.2, -0.15) is 0 Å². The lowest BCUT2D eigenvalue weighted by Crippen LogP contribution is -2.27. The van der Waals surface area contributed by atoms with Gasteiger partial charge in [-0.25, -0.2) is 0 Å². The number of nitro groups is 1. The molecule has 3 N–H and O–H groups in total. The molecule has 0 heterocycles. The van der Waals surface area contributed by atoms with Gasteiger partial charge in [-0.1, -0.05) is 12.1 Å². The van der Waals surface area contributed by atoms with E-state index in [1.54, 1.807) is 0 Å². The molecule has 0 spiro atoms. The zero-order valence-electron chi connectivity index (χ0n) is 7.99. The van der Waals surface area contributed by atoms with E-state index < -0.39 is 22.7 Å². The third-order valence-corrected chi connectivity index (χ3v) is 1.97. The summed E-state index contributed by atoms with van der Waals surface area (Å²) in [5.41, 5.74) is 4.85. The van der Waals surface area contributed by atoms with Crippen molar-refractivity contribution in [3.05, 3.63) is 39.9 Å². The molecule has 1 atom stereocenters. The number of amides is 1. The van der Waals surface area contributed by atoms with Crippen molar-refractivity contribution in [2.45, 2.75) is 5.92 Å². The predicted octanol–water partition coefficient (Wildman–Crippen LogP) is 0.248. The van der Waals surface area contributed by atoms with Gasteiger partial charge in [-0.15, -0.1) is 0 Å². The van der Waals surface area contributed by atoms with E-state index in [1.165, 1.54) is 12.1 Å². The Morgan fingerprint density at radius 3 is 2.12 bits per heavy atom. The van der Waals surface area contributed by atoms with Crippen molar-refractivity contribution in [3.63, 3.8) is 0 Å². The first-order valence-electron chi connectivity index (χ1n) is 4.20. The summed E-state index contributed by atoms with van der Waals surface area (Å²) in [5, 5.41) is 19.1. The summed E-state index contributed by atoms with van der Waals surface area (Å²) in [5.74, 6) is -3.89. The van der Waals surface area contributed by atoms with Gasteiger partial charge in [0.1, 0.15) is 0 Å². The number of rotatable bonds is 4. The fraction of sp³-hybridized carbons (Fsp3) is 0.111. The van der Waals surface area contributed by atoms with E-state index in [0.717, 1.165) is 12.1 Å². The van der Waals surface area contributed by atoms with E-state index in [9.17, 15) is 19.7 Å². The second-order valence-corrected chi connectivity index (χ2v) is 3.02. The maximum absolute atomic E-state index is 10.9. The molecule has 0 radical (unpaired) electrons. The number of nitro benzene ring substituents is 1. The van der Waals surface area contributed by atoms with E-state index in [-0.39, 0.29) is 11.3 Å². The second-order valence-electron chi connectivity index (χ2n) is 3.02. The Bertz CT molecular complexity index is 426. The number of primary amides is 1. The number of hydrogen-bond donors (Lipinski definition) is 2. The van der Waals surface area contributed by atoms with Crippen molar-refractivity contribution in [1.82, 2.24) is 0 Å². The summed E-state index contributed by atoms with van der Waals surface area (Å²) >= 11 is 0. The van der Waals surface area contributed by atoms with Crippen molar-refractivity contribution >= 4 is 17.6 Å². The fourth-order valence-corrected chi connectivity index (χ4v) is 1.22. The molecule has 1 rings (SSSR count). The van der Waals surface area contributed by atoms with Gasteiger partial charge in [0.05, 0.1) is 4.92 Å². The first-order valence-corrected chi connectivity index (χ1v) is 4.20. The van der Waals surface area contributed by atoms with Crippen LogP contribution in [0.5, 0.6) is 0 Å². The topological polar surface area (TPSA) is 124 Å². The zero-order valence-corrected chi connectivity index (χ0v) is 7.99. The highest BCUT2D eigenvalue weighted by Crippen LogP contribution is 2.19. The van der Waals surface area contributed by atoms with E-state index in [2.05, 4.69) is 0 Å². The average Bonchev–Trinajstić information content (AvgIpc) is 2.17. The van der Waals surface area contributed by atoms with Crippen LogP contribution in [0.4, 0.5) is 5.69 Å². The zero-order chi connectivity index (χ0) is 12.3. The highest BCUT2D eigenvalue weighted by molar-refractivity contribution is 6.01. The van der Waals surface area contributed by atoms with Crippen LogP contribution in [-0.2, 0) is 9.59 Å². The molecule has 84 valence electrons. The van der Waals surface area contributed by atoms with Gasteiger partial charge < -0.3 is 10.8 Å². The van der Waals surface area contributed by atoms with Crippen molar-refractivity contribution in [1.29, 1.82) is 0 Å². The summed E-state index contributed by atoms with van der Waals surface area (Å²) in [6, 6.07) is 4.63. The number of hydrogen-bond acceptors (Lipinski definition) is 4. The third kappa shape index (κ3) is 2.32. The standard InChI is InChI=1S/C9H8N2O5/c10-8(12)7(9(13)14)5-1-3-6(4-2-5)11(15)16/h1-4,7H,(H2,10,12)(H,13,14). The first kappa shape index (κ1) is 11.6. The Kier molecular flexibility index (Phi) is 3.19. The molecule has 0 fully saturated rings. The number of nitrogens with zero attached hydrogens (tertiary/aromatic N) is 1. The minimum atomic E-state index is -1.49. The van der Waals surface area contributed by atoms with E-state index in [0.29, 0.717) is 0 Å². The molecule has 0 aliphatic rings. The number of carbonyl (C=O) groups is 2. The summed E-state index contributed by atoms with van der Waals surface area (Å²) in [7, 11) is 0. The smallest absolute Gasteiger partial charge is 0.320 e. The highest BCUT2D eigenvalue weighted by atomic mass is 16.6. The monoisotopic (exact) mass is 224 g/mol. The minimum Gasteiger partial charge on any atom is -0.480 e. The predicted molar refractivity (Wildman–Crippen MR) is 52.7 cm³/mol. The van der Waals surface area contributed by atoms with Crippen LogP contribution in [0.2, 0.25) is 0 Å². The van der Waals surface area contributed by atoms with Gasteiger partial charge in [0.25, 0.3) is 5.69 Å². The number of nitrogens with two attached hydrogens (primary N) is 1. The van der Waals surface area contributed by atoms with Crippen LogP contribution < -0.4 is 5.73 Å². The summed E-state index contributed by atoms with van der Waals surface area (Å²) in [4.78, 5) is 31.3. The second kappa shape index (κ2) is 4.39. The lowest BCUT2D eigenvalue weighted by atomic mass is 9.98. The molecule has 0 saturated carbocycles. The van der Waals surface area contributed by atoms with Crippen LogP contribution in [0.3, 0.4) is 0 Å². The van der Waals surface area contributed by atoms with E-state index in [1.807, 2.05) is 0 Å². The molecule has 16 heavy (non-hydrogen) atoms. The summed E-state index contributed by atoms with van der Waals surface area (Å²) in [6.45, 7) is 0. The fourth-order valence-electron chi connectivity index (χ4n) is 1.22. The molecule has 0 bridgehead atoms. The van der Waals surface area contributed by atoms with Crippen molar-refractivity contribution < 1.29 is 19.6 Å². The molecular formula is C9H8N2O5. The molecule has 7 nitrogen and oxygen atoms in total. The largest absolute Gasteiger partial charge is 0.480 e. The van der Waals surface area contributed by atoms with Crippen LogP contribution in [0, 0.1) is 10.1 Å². The number of carboxylic acid groups (broad SMARTS) is 1. The Hall–Kier alpha value is -2.44. The minimum absolute atomic E-state index is 0.116. The Labute approximate surface area is 89.6 Å². The van der Waals surface area contributed by atoms with Crippen LogP contribution in [-0.4, -0.2) is 21.9 Å². The van der Waals surface area contributed by atoms with Gasteiger partial charge in [0.15, 0.2) is 5.92 Å². The number of carbonyl (C=O) groups excluding carboxylic acids is 1. The Balaban J connectivity index is 3.08. The normalized spacial score (nSPS) is 11.8.